The van der Waals surface area contributed by atoms with Crippen molar-refractivity contribution in [1.82, 2.24) is 20.1 Å². The van der Waals surface area contributed by atoms with Crippen LogP contribution in [0.25, 0.3) is 0 Å². The van der Waals surface area contributed by atoms with Crippen LogP contribution in [-0.4, -0.2) is 44.2 Å². The number of hydrogen-bond donors (Lipinski definition) is 0. The van der Waals surface area contributed by atoms with Gasteiger partial charge >= 0.3 is 0 Å². The van der Waals surface area contributed by atoms with Gasteiger partial charge in [0.15, 0.2) is 0 Å². The van der Waals surface area contributed by atoms with Gasteiger partial charge in [-0.15, -0.1) is 10.2 Å². The summed E-state index contributed by atoms with van der Waals surface area (Å²) in [5.74, 6) is 0.820. The van der Waals surface area contributed by atoms with Crippen LogP contribution in [0.4, 0.5) is 5.13 Å². The van der Waals surface area contributed by atoms with E-state index in [-0.39, 0.29) is 5.37 Å². The predicted octanol–water partition coefficient (Wildman–Crippen LogP) is 4.57. The van der Waals surface area contributed by atoms with Gasteiger partial charge in [-0.3, -0.25) is 0 Å². The number of thioether (sulfide) groups is 1. The van der Waals surface area contributed by atoms with Gasteiger partial charge in [-0.2, -0.15) is 10.1 Å². The van der Waals surface area contributed by atoms with Gasteiger partial charge < -0.3 is 4.90 Å². The number of aliphatic imine (C=N–C) groups is 1. The maximum atomic E-state index is 4.82. The van der Waals surface area contributed by atoms with E-state index < -0.39 is 0 Å². The number of benzene rings is 1. The minimum absolute atomic E-state index is 0.0731. The molecule has 1 aliphatic heterocycles. The maximum Gasteiger partial charge on any atom is 0.234 e. The number of hydrogen-bond acceptors (Lipinski definition) is 6. The van der Waals surface area contributed by atoms with Gasteiger partial charge in [-0.1, -0.05) is 52.9 Å². The topological polar surface area (TPSA) is 57.0 Å². The molecule has 1 aliphatic rings. The summed E-state index contributed by atoms with van der Waals surface area (Å²) in [6, 6.07) is 8.63. The fraction of sp³-hybridized carbons (Fsp3) is 0.444. The molecule has 2 aromatic rings. The van der Waals surface area contributed by atoms with Gasteiger partial charge in [-0.05, 0) is 40.2 Å². The summed E-state index contributed by atoms with van der Waals surface area (Å²) in [5.41, 5.74) is 2.47. The number of nitrogens with zero attached hydrogens (tertiary/aromatic N) is 6. The van der Waals surface area contributed by atoms with E-state index in [1.807, 2.05) is 18.9 Å². The van der Waals surface area contributed by atoms with E-state index in [0.29, 0.717) is 5.13 Å². The second-order valence-electron chi connectivity index (χ2n) is 6.03. The number of guanidine groups is 1. The summed E-state index contributed by atoms with van der Waals surface area (Å²) in [4.78, 5) is 7.03. The van der Waals surface area contributed by atoms with Crippen molar-refractivity contribution < 1.29 is 0 Å². The van der Waals surface area contributed by atoms with Gasteiger partial charge in [0.05, 0.1) is 5.04 Å². The minimum Gasteiger partial charge on any atom is -0.342 e. The van der Waals surface area contributed by atoms with Crippen LogP contribution < -0.4 is 0 Å². The van der Waals surface area contributed by atoms with Gasteiger partial charge in [0.1, 0.15) is 10.4 Å². The Balaban J connectivity index is 2.02. The quantitative estimate of drug-likeness (QED) is 0.567. The highest BCUT2D eigenvalue weighted by molar-refractivity contribution is 8.14. The van der Waals surface area contributed by atoms with Crippen molar-refractivity contribution in [3.63, 3.8) is 0 Å². The average Bonchev–Trinajstić information content (AvgIpc) is 3.21. The van der Waals surface area contributed by atoms with E-state index in [1.165, 1.54) is 22.5 Å². The first-order valence-electron chi connectivity index (χ1n) is 8.73. The highest BCUT2D eigenvalue weighted by Gasteiger charge is 2.33. The molecule has 0 amide bonds. The Morgan fingerprint density at radius 3 is 2.38 bits per heavy atom. The molecule has 0 spiro atoms. The Hall–Kier alpha value is -1.93. The van der Waals surface area contributed by atoms with Gasteiger partial charge in [-0.25, -0.2) is 5.01 Å². The molecule has 26 heavy (non-hydrogen) atoms. The molecule has 0 fully saturated rings. The zero-order valence-electron chi connectivity index (χ0n) is 15.8. The van der Waals surface area contributed by atoms with E-state index in [4.69, 9.17) is 10.1 Å². The molecule has 1 unspecified atom stereocenters. The van der Waals surface area contributed by atoms with Crippen LogP contribution in [-0.2, 0) is 0 Å². The van der Waals surface area contributed by atoms with Crippen LogP contribution in [0.2, 0.25) is 0 Å². The normalized spacial score (nSPS) is 17.6. The summed E-state index contributed by atoms with van der Waals surface area (Å²) in [5, 5.41) is 17.8. The second-order valence-corrected chi connectivity index (χ2v) is 8.47. The number of hydrazone groups is 1. The molecule has 0 aliphatic carbocycles. The first-order chi connectivity index (χ1) is 12.5. The largest absolute Gasteiger partial charge is 0.342 e. The number of aromatic nitrogens is 2. The third-order valence-electron chi connectivity index (χ3n) is 4.08. The van der Waals surface area contributed by atoms with Gasteiger partial charge in [0, 0.05) is 13.1 Å². The molecule has 0 saturated carbocycles. The van der Waals surface area contributed by atoms with Crippen molar-refractivity contribution in [2.24, 2.45) is 10.1 Å². The fourth-order valence-corrected chi connectivity index (χ4v) is 4.27. The molecule has 6 nitrogen and oxygen atoms in total. The smallest absolute Gasteiger partial charge is 0.234 e. The maximum absolute atomic E-state index is 4.82. The molecule has 0 bridgehead atoms. The SMILES string of the molecule is CCN(CC)/C(=N\c1nnc(C)s1)N1N=C(C)SC1c1ccc(C)cc1. The molecule has 8 heteroatoms. The van der Waals surface area contributed by atoms with E-state index in [9.17, 15) is 0 Å². The molecule has 2 heterocycles. The van der Waals surface area contributed by atoms with Crippen molar-refractivity contribution in [1.29, 1.82) is 0 Å². The first kappa shape index (κ1) is 18.8. The second kappa shape index (κ2) is 8.18. The van der Waals surface area contributed by atoms with Crippen LogP contribution in [0, 0.1) is 13.8 Å². The monoisotopic (exact) mass is 388 g/mol. The summed E-state index contributed by atoms with van der Waals surface area (Å²) in [6.07, 6.45) is 0. The highest BCUT2D eigenvalue weighted by Crippen LogP contribution is 2.40. The van der Waals surface area contributed by atoms with Crippen LogP contribution in [0.1, 0.15) is 42.3 Å². The van der Waals surface area contributed by atoms with Crippen molar-refractivity contribution in [2.75, 3.05) is 13.1 Å². The Labute approximate surface area is 163 Å². The van der Waals surface area contributed by atoms with Crippen molar-refractivity contribution in [3.8, 4) is 0 Å². The molecule has 138 valence electrons. The van der Waals surface area contributed by atoms with Crippen molar-refractivity contribution in [3.05, 3.63) is 40.4 Å². The number of rotatable bonds is 4. The van der Waals surface area contributed by atoms with E-state index in [1.54, 1.807) is 11.8 Å². The van der Waals surface area contributed by atoms with Crippen LogP contribution in [0.5, 0.6) is 0 Å². The van der Waals surface area contributed by atoms with E-state index in [2.05, 4.69) is 60.1 Å². The standard InChI is InChI=1S/C18H24N6S2/c1-6-23(7-2)18(19-17-21-20-13(4)26-17)24-16(25-14(5)22-24)15-10-8-12(3)9-11-15/h8-11,16H,6-7H2,1-5H3/b19-18+. The summed E-state index contributed by atoms with van der Waals surface area (Å²) in [7, 11) is 0. The molecule has 0 radical (unpaired) electrons. The van der Waals surface area contributed by atoms with Crippen LogP contribution in [0.15, 0.2) is 34.4 Å². The Morgan fingerprint density at radius 2 is 1.81 bits per heavy atom. The van der Waals surface area contributed by atoms with Crippen LogP contribution in [0.3, 0.4) is 0 Å². The average molecular weight is 389 g/mol. The summed E-state index contributed by atoms with van der Waals surface area (Å²) >= 11 is 3.25. The zero-order chi connectivity index (χ0) is 18.7. The van der Waals surface area contributed by atoms with Crippen molar-refractivity contribution >= 4 is 39.2 Å². The first-order valence-corrected chi connectivity index (χ1v) is 10.4. The zero-order valence-corrected chi connectivity index (χ0v) is 17.4. The molecule has 1 aromatic carbocycles. The Kier molecular flexibility index (Phi) is 5.93. The lowest BCUT2D eigenvalue weighted by Gasteiger charge is -2.31. The van der Waals surface area contributed by atoms with Crippen molar-refractivity contribution in [2.45, 2.75) is 40.0 Å². The molecular weight excluding hydrogens is 364 g/mol. The molecular formula is C18H24N6S2. The fourth-order valence-electron chi connectivity index (χ4n) is 2.72. The highest BCUT2D eigenvalue weighted by atomic mass is 32.2. The third kappa shape index (κ3) is 4.07. The van der Waals surface area contributed by atoms with Gasteiger partial charge in [0.25, 0.3) is 0 Å². The lowest BCUT2D eigenvalue weighted by atomic mass is 10.1. The molecule has 1 aromatic heterocycles. The Morgan fingerprint density at radius 1 is 1.12 bits per heavy atom. The molecule has 0 N–H and O–H groups in total. The van der Waals surface area contributed by atoms with E-state index >= 15 is 0 Å². The Bertz CT molecular complexity index is 807. The summed E-state index contributed by atoms with van der Waals surface area (Å²) in [6.45, 7) is 12.0. The third-order valence-corrected chi connectivity index (χ3v) is 5.93. The molecule has 3 rings (SSSR count). The molecule has 0 saturated heterocycles. The lowest BCUT2D eigenvalue weighted by molar-refractivity contribution is 0.336. The lowest BCUT2D eigenvalue weighted by Crippen LogP contribution is -2.41. The number of aryl methyl sites for hydroxylation is 2. The molecule has 1 atom stereocenters. The minimum atomic E-state index is 0.0731. The predicted molar refractivity (Wildman–Crippen MR) is 111 cm³/mol. The summed E-state index contributed by atoms with van der Waals surface area (Å²) < 4.78 is 0. The van der Waals surface area contributed by atoms with Crippen LogP contribution >= 0.6 is 23.1 Å². The van der Waals surface area contributed by atoms with E-state index in [0.717, 1.165) is 29.1 Å². The van der Waals surface area contributed by atoms with Gasteiger partial charge in [0.2, 0.25) is 11.1 Å².